The van der Waals surface area contributed by atoms with Crippen LogP contribution in [0.25, 0.3) is 0 Å². The molecule has 0 heterocycles. The van der Waals surface area contributed by atoms with Gasteiger partial charge in [0.2, 0.25) is 0 Å². The monoisotopic (exact) mass is 333 g/mol. The van der Waals surface area contributed by atoms with E-state index in [1.807, 2.05) is 0 Å². The highest BCUT2D eigenvalue weighted by Gasteiger charge is 2.27. The number of nitrogen functional groups attached to an aromatic ring is 1. The number of hydrogen-bond acceptors (Lipinski definition) is 3. The molecule has 0 unspecified atom stereocenters. The number of alkyl halides is 3. The molecule has 0 aliphatic rings. The van der Waals surface area contributed by atoms with E-state index in [4.69, 9.17) is 10.5 Å². The Kier molecular flexibility index (Phi) is 4.93. The number of ether oxygens (including phenoxy) is 1. The average Bonchev–Trinajstić information content (AvgIpc) is 2.18. The van der Waals surface area contributed by atoms with Crippen molar-refractivity contribution in [1.29, 1.82) is 0 Å². The molecule has 1 aromatic carbocycles. The highest BCUT2D eigenvalue weighted by molar-refractivity contribution is 9.10. The minimum Gasteiger partial charge on any atom is -0.490 e. The molecule has 96 valence electrons. The van der Waals surface area contributed by atoms with E-state index in [9.17, 15) is 17.6 Å². The first-order valence-corrected chi connectivity index (χ1v) is 6.15. The first-order chi connectivity index (χ1) is 7.79. The van der Waals surface area contributed by atoms with E-state index in [1.54, 1.807) is 0 Å². The fourth-order valence-electron chi connectivity index (χ4n) is 0.978. The van der Waals surface area contributed by atoms with E-state index in [0.29, 0.717) is 0 Å². The zero-order valence-electron chi connectivity index (χ0n) is 8.35. The van der Waals surface area contributed by atoms with Gasteiger partial charge in [0.15, 0.2) is 0 Å². The molecule has 0 radical (unpaired) electrons. The number of thioether (sulfide) groups is 1. The summed E-state index contributed by atoms with van der Waals surface area (Å²) in [5, 5.41) is 0. The van der Waals surface area contributed by atoms with E-state index in [1.165, 1.54) is 6.07 Å². The molecule has 1 rings (SSSR count). The lowest BCUT2D eigenvalue weighted by atomic mass is 10.3. The van der Waals surface area contributed by atoms with E-state index < -0.39 is 11.3 Å². The van der Waals surface area contributed by atoms with Crippen molar-refractivity contribution < 1.29 is 22.3 Å². The summed E-state index contributed by atoms with van der Waals surface area (Å²) < 4.78 is 53.6. The van der Waals surface area contributed by atoms with Crippen LogP contribution in [0, 0.1) is 5.82 Å². The van der Waals surface area contributed by atoms with Gasteiger partial charge in [-0.1, -0.05) is 0 Å². The van der Waals surface area contributed by atoms with Crippen molar-refractivity contribution in [3.63, 3.8) is 0 Å². The Balaban J connectivity index is 2.50. The molecule has 0 spiro atoms. The van der Waals surface area contributed by atoms with Crippen LogP contribution < -0.4 is 10.5 Å². The van der Waals surface area contributed by atoms with Crippen LogP contribution in [-0.2, 0) is 0 Å². The lowest BCUT2D eigenvalue weighted by Crippen LogP contribution is -2.08. The number of halogens is 5. The third-order valence-electron chi connectivity index (χ3n) is 1.66. The standard InChI is InChI=1S/C9H8BrF4NOS/c10-5-3-7(15)8(4-6(5)11)16-1-2-17-9(12,13)14/h3-4H,1-2,15H2. The van der Waals surface area contributed by atoms with Crippen LogP contribution >= 0.6 is 27.7 Å². The maximum Gasteiger partial charge on any atom is 0.441 e. The van der Waals surface area contributed by atoms with Crippen molar-refractivity contribution in [1.82, 2.24) is 0 Å². The van der Waals surface area contributed by atoms with Crippen LogP contribution in [0.1, 0.15) is 0 Å². The maximum atomic E-state index is 13.1. The van der Waals surface area contributed by atoms with E-state index >= 15 is 0 Å². The van der Waals surface area contributed by atoms with Crippen LogP contribution in [0.15, 0.2) is 16.6 Å². The van der Waals surface area contributed by atoms with Gasteiger partial charge in [-0.05, 0) is 33.8 Å². The fourth-order valence-corrected chi connectivity index (χ4v) is 1.74. The van der Waals surface area contributed by atoms with Gasteiger partial charge >= 0.3 is 5.51 Å². The van der Waals surface area contributed by atoms with Gasteiger partial charge in [-0.15, -0.1) is 0 Å². The Labute approximate surface area is 108 Å². The molecule has 0 bridgehead atoms. The Morgan fingerprint density at radius 2 is 2.00 bits per heavy atom. The Bertz CT molecular complexity index is 399. The van der Waals surface area contributed by atoms with Crippen molar-refractivity contribution in [2.45, 2.75) is 5.51 Å². The van der Waals surface area contributed by atoms with Gasteiger partial charge in [-0.3, -0.25) is 0 Å². The van der Waals surface area contributed by atoms with Crippen LogP contribution in [0.4, 0.5) is 23.2 Å². The Morgan fingerprint density at radius 1 is 1.35 bits per heavy atom. The Hall–Kier alpha value is -0.630. The molecular formula is C9H8BrF4NOS. The Morgan fingerprint density at radius 3 is 2.59 bits per heavy atom. The largest absolute Gasteiger partial charge is 0.490 e. The number of benzene rings is 1. The molecule has 2 N–H and O–H groups in total. The second kappa shape index (κ2) is 5.81. The van der Waals surface area contributed by atoms with Crippen LogP contribution in [0.2, 0.25) is 0 Å². The molecular weight excluding hydrogens is 326 g/mol. The second-order valence-electron chi connectivity index (χ2n) is 2.95. The van der Waals surface area contributed by atoms with Crippen LogP contribution in [-0.4, -0.2) is 17.9 Å². The molecule has 0 atom stereocenters. The van der Waals surface area contributed by atoms with Gasteiger partial charge in [-0.25, -0.2) is 4.39 Å². The molecule has 0 aliphatic heterocycles. The van der Waals surface area contributed by atoms with Gasteiger partial charge in [0.25, 0.3) is 0 Å². The molecule has 0 aromatic heterocycles. The summed E-state index contributed by atoms with van der Waals surface area (Å²) in [5.74, 6) is -0.827. The van der Waals surface area contributed by atoms with E-state index in [0.717, 1.165) is 6.07 Å². The third kappa shape index (κ3) is 5.03. The topological polar surface area (TPSA) is 35.2 Å². The molecule has 0 saturated carbocycles. The van der Waals surface area contributed by atoms with Gasteiger partial charge in [-0.2, -0.15) is 13.2 Å². The summed E-state index contributed by atoms with van der Waals surface area (Å²) in [5.41, 5.74) is 1.38. The molecule has 17 heavy (non-hydrogen) atoms. The summed E-state index contributed by atoms with van der Waals surface area (Å²) in [4.78, 5) is 0. The van der Waals surface area contributed by atoms with Crippen molar-refractivity contribution in [2.75, 3.05) is 18.1 Å². The van der Waals surface area contributed by atoms with E-state index in [-0.39, 0.29) is 40.0 Å². The predicted octanol–water partition coefficient (Wildman–Crippen LogP) is 3.80. The van der Waals surface area contributed by atoms with Crippen molar-refractivity contribution in [3.8, 4) is 5.75 Å². The molecule has 2 nitrogen and oxygen atoms in total. The summed E-state index contributed by atoms with van der Waals surface area (Å²) in [6.07, 6.45) is 0. The number of nitrogens with two attached hydrogens (primary N) is 1. The second-order valence-corrected chi connectivity index (χ2v) is 4.96. The molecule has 0 fully saturated rings. The predicted molar refractivity (Wildman–Crippen MR) is 62.5 cm³/mol. The first kappa shape index (κ1) is 14.4. The number of anilines is 1. The average molecular weight is 334 g/mol. The van der Waals surface area contributed by atoms with Crippen molar-refractivity contribution in [3.05, 3.63) is 22.4 Å². The SMILES string of the molecule is Nc1cc(Br)c(F)cc1OCCSC(F)(F)F. The molecule has 8 heteroatoms. The first-order valence-electron chi connectivity index (χ1n) is 4.37. The van der Waals surface area contributed by atoms with Crippen molar-refractivity contribution in [2.24, 2.45) is 0 Å². The maximum absolute atomic E-state index is 13.1. The summed E-state index contributed by atoms with van der Waals surface area (Å²) in [6, 6.07) is 2.32. The number of hydrogen-bond donors (Lipinski definition) is 1. The lowest BCUT2D eigenvalue weighted by Gasteiger charge is -2.10. The highest BCUT2D eigenvalue weighted by Crippen LogP contribution is 2.31. The summed E-state index contributed by atoms with van der Waals surface area (Å²) in [7, 11) is 0. The lowest BCUT2D eigenvalue weighted by molar-refractivity contribution is -0.0329. The minimum atomic E-state index is -4.29. The third-order valence-corrected chi connectivity index (χ3v) is 2.97. The van der Waals surface area contributed by atoms with Gasteiger partial charge < -0.3 is 10.5 Å². The minimum absolute atomic E-state index is 0.0356. The van der Waals surface area contributed by atoms with Gasteiger partial charge in [0, 0.05) is 11.8 Å². The van der Waals surface area contributed by atoms with Gasteiger partial charge in [0.1, 0.15) is 11.6 Å². The quantitative estimate of drug-likeness (QED) is 0.517. The molecule has 1 aromatic rings. The number of rotatable bonds is 4. The normalized spacial score (nSPS) is 11.6. The van der Waals surface area contributed by atoms with Crippen LogP contribution in [0.3, 0.4) is 0 Å². The summed E-state index contributed by atoms with van der Waals surface area (Å²) >= 11 is 2.72. The summed E-state index contributed by atoms with van der Waals surface area (Å²) in [6.45, 7) is -0.199. The zero-order valence-corrected chi connectivity index (χ0v) is 10.8. The fraction of sp³-hybridized carbons (Fsp3) is 0.333. The highest BCUT2D eigenvalue weighted by atomic mass is 79.9. The molecule has 0 saturated heterocycles. The van der Waals surface area contributed by atoms with Crippen molar-refractivity contribution >= 4 is 33.4 Å². The van der Waals surface area contributed by atoms with Crippen LogP contribution in [0.5, 0.6) is 5.75 Å². The molecule has 0 amide bonds. The molecule has 0 aliphatic carbocycles. The van der Waals surface area contributed by atoms with Gasteiger partial charge in [0.05, 0.1) is 16.8 Å². The van der Waals surface area contributed by atoms with E-state index in [2.05, 4.69) is 15.9 Å². The smallest absolute Gasteiger partial charge is 0.441 e. The zero-order chi connectivity index (χ0) is 13.1.